The first-order chi connectivity index (χ1) is 13.8. The Bertz CT molecular complexity index is 956. The van der Waals surface area contributed by atoms with E-state index in [1.54, 1.807) is 6.07 Å². The third kappa shape index (κ3) is 5.04. The summed E-state index contributed by atoms with van der Waals surface area (Å²) in [7, 11) is 1.47. The molecule has 0 spiro atoms. The van der Waals surface area contributed by atoms with E-state index in [0.717, 1.165) is 11.1 Å². The second kappa shape index (κ2) is 8.64. The molecule has 2 amide bonds. The van der Waals surface area contributed by atoms with Gasteiger partial charge in [0.1, 0.15) is 0 Å². The van der Waals surface area contributed by atoms with Crippen LogP contribution in [0.5, 0.6) is 11.5 Å². The van der Waals surface area contributed by atoms with Crippen molar-refractivity contribution in [3.63, 3.8) is 0 Å². The number of fused-ring (bicyclic) bond motifs is 1. The van der Waals surface area contributed by atoms with Gasteiger partial charge in [0.2, 0.25) is 12.7 Å². The Balaban J connectivity index is 1.49. The van der Waals surface area contributed by atoms with Gasteiger partial charge in [0.05, 0.1) is 12.1 Å². The topological polar surface area (TPSA) is 94.2 Å². The fraction of sp³-hybridized carbons (Fsp3) is 0.286. The number of amides is 2. The summed E-state index contributed by atoms with van der Waals surface area (Å²) in [6, 6.07) is 10.4. The Kier molecular flexibility index (Phi) is 6.01. The van der Waals surface area contributed by atoms with Gasteiger partial charge in [0, 0.05) is 12.7 Å². The molecule has 1 N–H and O–H groups in total. The van der Waals surface area contributed by atoms with Crippen LogP contribution in [0.2, 0.25) is 0 Å². The lowest BCUT2D eigenvalue weighted by molar-refractivity contribution is -0.136. The van der Waals surface area contributed by atoms with E-state index in [1.807, 2.05) is 32.0 Å². The van der Waals surface area contributed by atoms with Gasteiger partial charge in [-0.15, -0.1) is 0 Å². The number of nitrogens with one attached hydrogen (secondary N) is 1. The number of hydrogen-bond acceptors (Lipinski definition) is 6. The van der Waals surface area contributed by atoms with Crippen molar-refractivity contribution >= 4 is 23.5 Å². The van der Waals surface area contributed by atoms with E-state index in [4.69, 9.17) is 14.2 Å². The summed E-state index contributed by atoms with van der Waals surface area (Å²) in [6.45, 7) is 3.29. The molecule has 3 rings (SSSR count). The number of likely N-dealkylation sites (N-methyl/N-ethyl adjacent to an activating group) is 1. The lowest BCUT2D eigenvalue weighted by atomic mass is 10.1. The molecule has 0 atom stereocenters. The lowest BCUT2D eigenvalue weighted by Crippen LogP contribution is -2.37. The van der Waals surface area contributed by atoms with E-state index < -0.39 is 18.5 Å². The maximum atomic E-state index is 12.2. The fourth-order valence-corrected chi connectivity index (χ4v) is 2.71. The van der Waals surface area contributed by atoms with Crippen LogP contribution in [-0.2, 0) is 14.3 Å². The van der Waals surface area contributed by atoms with Crippen LogP contribution in [0.15, 0.2) is 36.4 Å². The fourth-order valence-electron chi connectivity index (χ4n) is 2.71. The van der Waals surface area contributed by atoms with Gasteiger partial charge in [-0.3, -0.25) is 9.59 Å². The van der Waals surface area contributed by atoms with Gasteiger partial charge < -0.3 is 24.4 Å². The normalized spacial score (nSPS) is 11.7. The van der Waals surface area contributed by atoms with E-state index >= 15 is 0 Å². The summed E-state index contributed by atoms with van der Waals surface area (Å²) in [5.41, 5.74) is 2.89. The van der Waals surface area contributed by atoms with Crippen LogP contribution in [-0.4, -0.2) is 49.7 Å². The van der Waals surface area contributed by atoms with Gasteiger partial charge >= 0.3 is 5.97 Å². The first-order valence-corrected chi connectivity index (χ1v) is 9.01. The first kappa shape index (κ1) is 20.2. The van der Waals surface area contributed by atoms with Crippen molar-refractivity contribution in [3.8, 4) is 11.5 Å². The van der Waals surface area contributed by atoms with Crippen molar-refractivity contribution in [3.05, 3.63) is 53.1 Å². The number of esters is 1. The molecule has 0 bridgehead atoms. The highest BCUT2D eigenvalue weighted by Crippen LogP contribution is 2.32. The summed E-state index contributed by atoms with van der Waals surface area (Å²) in [4.78, 5) is 37.8. The molecular formula is C21H22N2O6. The number of ether oxygens (including phenoxy) is 3. The number of nitrogens with zero attached hydrogens (tertiary/aromatic N) is 1. The van der Waals surface area contributed by atoms with E-state index in [1.165, 1.54) is 24.1 Å². The molecule has 1 heterocycles. The molecular weight excluding hydrogens is 376 g/mol. The molecule has 0 saturated heterocycles. The van der Waals surface area contributed by atoms with Crippen molar-refractivity contribution in [1.29, 1.82) is 0 Å². The SMILES string of the molecule is Cc1ccc(C)c(NC(=O)CN(C)C(=O)COC(=O)c2ccc3c(c2)OCO3)c1. The molecule has 2 aromatic rings. The largest absolute Gasteiger partial charge is 0.454 e. The summed E-state index contributed by atoms with van der Waals surface area (Å²) >= 11 is 0. The number of carbonyl (C=O) groups is 3. The molecule has 0 aromatic heterocycles. The smallest absolute Gasteiger partial charge is 0.338 e. The highest BCUT2D eigenvalue weighted by Gasteiger charge is 2.19. The Hall–Kier alpha value is -3.55. The summed E-state index contributed by atoms with van der Waals surface area (Å²) in [5.74, 6) is -0.491. The van der Waals surface area contributed by atoms with Gasteiger partial charge in [-0.1, -0.05) is 12.1 Å². The predicted molar refractivity (Wildman–Crippen MR) is 105 cm³/mol. The number of benzene rings is 2. The third-order valence-corrected chi connectivity index (χ3v) is 4.41. The van der Waals surface area contributed by atoms with Crippen molar-refractivity contribution in [1.82, 2.24) is 4.90 Å². The predicted octanol–water partition coefficient (Wildman–Crippen LogP) is 2.29. The second-order valence-electron chi connectivity index (χ2n) is 6.76. The molecule has 0 saturated carbocycles. The molecule has 1 aliphatic heterocycles. The molecule has 2 aromatic carbocycles. The number of hydrogen-bond donors (Lipinski definition) is 1. The Morgan fingerprint density at radius 2 is 1.83 bits per heavy atom. The van der Waals surface area contributed by atoms with Gasteiger partial charge in [-0.2, -0.15) is 0 Å². The average molecular weight is 398 g/mol. The maximum absolute atomic E-state index is 12.2. The van der Waals surface area contributed by atoms with Crippen molar-refractivity contribution < 1.29 is 28.6 Å². The van der Waals surface area contributed by atoms with Crippen LogP contribution in [0.3, 0.4) is 0 Å². The quantitative estimate of drug-likeness (QED) is 0.751. The van der Waals surface area contributed by atoms with Crippen molar-refractivity contribution in [2.75, 3.05) is 32.3 Å². The third-order valence-electron chi connectivity index (χ3n) is 4.41. The van der Waals surface area contributed by atoms with E-state index in [-0.39, 0.29) is 24.8 Å². The Labute approximate surface area is 168 Å². The van der Waals surface area contributed by atoms with Crippen LogP contribution in [0, 0.1) is 13.8 Å². The summed E-state index contributed by atoms with van der Waals surface area (Å²) in [6.07, 6.45) is 0. The van der Waals surface area contributed by atoms with Crippen LogP contribution >= 0.6 is 0 Å². The van der Waals surface area contributed by atoms with Crippen molar-refractivity contribution in [2.24, 2.45) is 0 Å². The number of anilines is 1. The van der Waals surface area contributed by atoms with Gasteiger partial charge in [0.15, 0.2) is 18.1 Å². The van der Waals surface area contributed by atoms with Crippen LogP contribution in [0.1, 0.15) is 21.5 Å². The monoisotopic (exact) mass is 398 g/mol. The molecule has 0 radical (unpaired) electrons. The molecule has 152 valence electrons. The Morgan fingerprint density at radius 3 is 2.62 bits per heavy atom. The van der Waals surface area contributed by atoms with Crippen LogP contribution in [0.4, 0.5) is 5.69 Å². The average Bonchev–Trinajstić information content (AvgIpc) is 3.16. The van der Waals surface area contributed by atoms with Crippen molar-refractivity contribution in [2.45, 2.75) is 13.8 Å². The zero-order valence-electron chi connectivity index (χ0n) is 16.5. The van der Waals surface area contributed by atoms with E-state index in [0.29, 0.717) is 17.2 Å². The number of carbonyl (C=O) groups excluding carboxylic acids is 3. The zero-order valence-corrected chi connectivity index (χ0v) is 16.5. The molecule has 0 unspecified atom stereocenters. The molecule has 8 nitrogen and oxygen atoms in total. The lowest BCUT2D eigenvalue weighted by Gasteiger charge is -2.17. The van der Waals surface area contributed by atoms with E-state index in [2.05, 4.69) is 5.32 Å². The minimum Gasteiger partial charge on any atom is -0.454 e. The number of rotatable bonds is 6. The Morgan fingerprint density at radius 1 is 1.07 bits per heavy atom. The maximum Gasteiger partial charge on any atom is 0.338 e. The first-order valence-electron chi connectivity index (χ1n) is 9.01. The molecule has 0 fully saturated rings. The standard InChI is InChI=1S/C21H22N2O6/c1-13-4-5-14(2)16(8-13)22-19(24)10-23(3)20(25)11-27-21(26)15-6-7-17-18(9-15)29-12-28-17/h4-9H,10-12H2,1-3H3,(H,22,24). The minimum atomic E-state index is -0.662. The summed E-state index contributed by atoms with van der Waals surface area (Å²) in [5, 5.41) is 2.79. The zero-order chi connectivity index (χ0) is 21.0. The molecule has 8 heteroatoms. The van der Waals surface area contributed by atoms with Crippen LogP contribution in [0.25, 0.3) is 0 Å². The summed E-state index contributed by atoms with van der Waals surface area (Å²) < 4.78 is 15.4. The van der Waals surface area contributed by atoms with Gasteiger partial charge in [-0.25, -0.2) is 4.79 Å². The van der Waals surface area contributed by atoms with Gasteiger partial charge in [0.25, 0.3) is 5.91 Å². The van der Waals surface area contributed by atoms with Gasteiger partial charge in [-0.05, 0) is 49.2 Å². The number of aryl methyl sites for hydroxylation is 2. The second-order valence-corrected chi connectivity index (χ2v) is 6.76. The van der Waals surface area contributed by atoms with Crippen LogP contribution < -0.4 is 14.8 Å². The highest BCUT2D eigenvalue weighted by atomic mass is 16.7. The molecule has 29 heavy (non-hydrogen) atoms. The highest BCUT2D eigenvalue weighted by molar-refractivity contribution is 5.96. The molecule has 1 aliphatic rings. The minimum absolute atomic E-state index is 0.0985. The molecule has 0 aliphatic carbocycles. The van der Waals surface area contributed by atoms with E-state index in [9.17, 15) is 14.4 Å².